The zero-order chi connectivity index (χ0) is 18.1. The van der Waals surface area contributed by atoms with Crippen molar-refractivity contribution in [3.63, 3.8) is 0 Å². The van der Waals surface area contributed by atoms with Crippen LogP contribution in [0.4, 0.5) is 11.5 Å². The van der Waals surface area contributed by atoms with Gasteiger partial charge in [-0.25, -0.2) is 9.97 Å². The second kappa shape index (κ2) is 6.54. The van der Waals surface area contributed by atoms with Crippen molar-refractivity contribution in [2.45, 2.75) is 0 Å². The average Bonchev–Trinajstić information content (AvgIpc) is 2.74. The molecule has 0 saturated heterocycles. The van der Waals surface area contributed by atoms with Crippen molar-refractivity contribution >= 4 is 33.2 Å². The minimum atomic E-state index is 0.719. The van der Waals surface area contributed by atoms with Gasteiger partial charge in [-0.1, -0.05) is 78.9 Å². The highest BCUT2D eigenvalue weighted by Crippen LogP contribution is 2.30. The van der Waals surface area contributed by atoms with E-state index in [-0.39, 0.29) is 0 Å². The summed E-state index contributed by atoms with van der Waals surface area (Å²) in [5, 5.41) is 6.92. The highest BCUT2D eigenvalue weighted by Gasteiger charge is 2.10. The molecule has 1 heterocycles. The molecule has 0 spiro atoms. The summed E-state index contributed by atoms with van der Waals surface area (Å²) >= 11 is 0. The van der Waals surface area contributed by atoms with Gasteiger partial charge in [0.2, 0.25) is 0 Å². The van der Waals surface area contributed by atoms with Gasteiger partial charge >= 0.3 is 0 Å². The van der Waals surface area contributed by atoms with Gasteiger partial charge < -0.3 is 5.32 Å². The largest absolute Gasteiger partial charge is 0.339 e. The van der Waals surface area contributed by atoms with Crippen molar-refractivity contribution in [1.82, 2.24) is 9.97 Å². The fourth-order valence-corrected chi connectivity index (χ4v) is 3.35. The lowest BCUT2D eigenvalue weighted by Gasteiger charge is -2.13. The molecule has 3 nitrogen and oxygen atoms in total. The first-order valence-corrected chi connectivity index (χ1v) is 8.95. The van der Waals surface area contributed by atoms with Crippen LogP contribution in [0.5, 0.6) is 0 Å². The molecular weight excluding hydrogens is 330 g/mol. The minimum Gasteiger partial charge on any atom is -0.339 e. The Hall–Kier alpha value is -3.72. The molecule has 128 valence electrons. The van der Waals surface area contributed by atoms with Crippen LogP contribution in [-0.2, 0) is 0 Å². The molecule has 4 aromatic carbocycles. The van der Waals surface area contributed by atoms with Gasteiger partial charge in [0.1, 0.15) is 5.82 Å². The van der Waals surface area contributed by atoms with E-state index in [1.807, 2.05) is 48.5 Å². The molecule has 0 aliphatic carbocycles. The van der Waals surface area contributed by atoms with Gasteiger partial charge in [-0.2, -0.15) is 0 Å². The van der Waals surface area contributed by atoms with Gasteiger partial charge in [0.05, 0.1) is 5.52 Å². The quantitative estimate of drug-likeness (QED) is 0.422. The third kappa shape index (κ3) is 2.89. The van der Waals surface area contributed by atoms with Gasteiger partial charge in [-0.05, 0) is 23.6 Å². The monoisotopic (exact) mass is 347 g/mol. The molecule has 1 N–H and O–H groups in total. The van der Waals surface area contributed by atoms with E-state index in [4.69, 9.17) is 9.97 Å². The van der Waals surface area contributed by atoms with Crippen LogP contribution in [0, 0.1) is 0 Å². The van der Waals surface area contributed by atoms with E-state index >= 15 is 0 Å². The first kappa shape index (κ1) is 15.5. The molecule has 0 fully saturated rings. The average molecular weight is 347 g/mol. The van der Waals surface area contributed by atoms with Crippen LogP contribution in [-0.4, -0.2) is 9.97 Å². The smallest absolute Gasteiger partial charge is 0.162 e. The number of hydrogen-bond acceptors (Lipinski definition) is 3. The molecule has 0 aliphatic rings. The van der Waals surface area contributed by atoms with Gasteiger partial charge in [0, 0.05) is 22.0 Å². The molecule has 0 amide bonds. The summed E-state index contributed by atoms with van der Waals surface area (Å²) in [6.07, 6.45) is 0. The summed E-state index contributed by atoms with van der Waals surface area (Å²) in [5.41, 5.74) is 2.97. The zero-order valence-corrected chi connectivity index (χ0v) is 14.6. The van der Waals surface area contributed by atoms with Crippen molar-refractivity contribution in [2.24, 2.45) is 0 Å². The van der Waals surface area contributed by atoms with Crippen molar-refractivity contribution in [1.29, 1.82) is 0 Å². The summed E-state index contributed by atoms with van der Waals surface area (Å²) in [6, 6.07) is 32.8. The second-order valence-corrected chi connectivity index (χ2v) is 6.43. The van der Waals surface area contributed by atoms with Gasteiger partial charge in [-0.3, -0.25) is 0 Å². The molecule has 0 atom stereocenters. The predicted octanol–water partition coefficient (Wildman–Crippen LogP) is 6.19. The summed E-state index contributed by atoms with van der Waals surface area (Å²) in [6.45, 7) is 0. The van der Waals surface area contributed by atoms with Crippen LogP contribution >= 0.6 is 0 Å². The van der Waals surface area contributed by atoms with Crippen molar-refractivity contribution in [3.8, 4) is 11.4 Å². The van der Waals surface area contributed by atoms with Crippen LogP contribution in [0.3, 0.4) is 0 Å². The van der Waals surface area contributed by atoms with E-state index in [0.717, 1.165) is 33.8 Å². The van der Waals surface area contributed by atoms with Crippen LogP contribution in [0.15, 0.2) is 97.1 Å². The normalized spacial score (nSPS) is 11.0. The lowest BCUT2D eigenvalue weighted by Crippen LogP contribution is -1.99. The Morgan fingerprint density at radius 2 is 1.26 bits per heavy atom. The Bertz CT molecular complexity index is 1240. The van der Waals surface area contributed by atoms with E-state index in [0.29, 0.717) is 0 Å². The number of nitrogens with zero attached hydrogens (tertiary/aromatic N) is 2. The summed E-state index contributed by atoms with van der Waals surface area (Å²) in [7, 11) is 0. The molecule has 0 saturated carbocycles. The maximum Gasteiger partial charge on any atom is 0.162 e. The minimum absolute atomic E-state index is 0.719. The Balaban J connectivity index is 1.70. The molecule has 5 aromatic rings. The van der Waals surface area contributed by atoms with E-state index in [1.165, 1.54) is 10.8 Å². The molecule has 0 radical (unpaired) electrons. The standard InChI is InChI=1S/C24H17N3/c1-2-10-18(11-3-1)23-25-22-15-7-6-14-20(22)24(27-23)26-21-16-8-12-17-9-4-5-13-19(17)21/h1-16H,(H,25,26,27). The Kier molecular flexibility index (Phi) is 3.76. The first-order valence-electron chi connectivity index (χ1n) is 8.95. The number of fused-ring (bicyclic) bond motifs is 2. The van der Waals surface area contributed by atoms with Gasteiger partial charge in [0.15, 0.2) is 5.82 Å². The molecule has 0 aliphatic heterocycles. The van der Waals surface area contributed by atoms with Gasteiger partial charge in [0.25, 0.3) is 0 Å². The Morgan fingerprint density at radius 3 is 2.15 bits per heavy atom. The van der Waals surface area contributed by atoms with Crippen molar-refractivity contribution in [2.75, 3.05) is 5.32 Å². The first-order chi connectivity index (χ1) is 13.4. The number of aromatic nitrogens is 2. The number of benzene rings is 4. The Labute approximate surface area is 157 Å². The van der Waals surface area contributed by atoms with Crippen LogP contribution in [0.25, 0.3) is 33.1 Å². The maximum absolute atomic E-state index is 4.85. The lowest BCUT2D eigenvalue weighted by atomic mass is 10.1. The fraction of sp³-hybridized carbons (Fsp3) is 0. The number of anilines is 2. The number of hydrogen-bond donors (Lipinski definition) is 1. The molecular formula is C24H17N3. The highest BCUT2D eigenvalue weighted by atomic mass is 15.0. The van der Waals surface area contributed by atoms with E-state index in [1.54, 1.807) is 0 Å². The number of rotatable bonds is 3. The third-order valence-electron chi connectivity index (χ3n) is 4.68. The Morgan fingerprint density at radius 1 is 0.556 bits per heavy atom. The lowest BCUT2D eigenvalue weighted by molar-refractivity contribution is 1.22. The highest BCUT2D eigenvalue weighted by molar-refractivity contribution is 5.99. The van der Waals surface area contributed by atoms with Crippen molar-refractivity contribution < 1.29 is 0 Å². The molecule has 5 rings (SSSR count). The zero-order valence-electron chi connectivity index (χ0n) is 14.6. The maximum atomic E-state index is 4.85. The molecule has 0 bridgehead atoms. The van der Waals surface area contributed by atoms with E-state index in [9.17, 15) is 0 Å². The molecule has 1 aromatic heterocycles. The van der Waals surface area contributed by atoms with Crippen molar-refractivity contribution in [3.05, 3.63) is 97.1 Å². The molecule has 3 heteroatoms. The SMILES string of the molecule is c1ccc(-c2nc(Nc3cccc4ccccc34)c3ccccc3n2)cc1. The van der Waals surface area contributed by atoms with Crippen LogP contribution < -0.4 is 5.32 Å². The summed E-state index contributed by atoms with van der Waals surface area (Å²) in [4.78, 5) is 9.61. The molecule has 27 heavy (non-hydrogen) atoms. The fourth-order valence-electron chi connectivity index (χ4n) is 3.35. The third-order valence-corrected chi connectivity index (χ3v) is 4.68. The van der Waals surface area contributed by atoms with Crippen LogP contribution in [0.2, 0.25) is 0 Å². The van der Waals surface area contributed by atoms with Gasteiger partial charge in [-0.15, -0.1) is 0 Å². The second-order valence-electron chi connectivity index (χ2n) is 6.43. The van der Waals surface area contributed by atoms with E-state index in [2.05, 4.69) is 53.8 Å². The topological polar surface area (TPSA) is 37.8 Å². The number of para-hydroxylation sites is 1. The summed E-state index contributed by atoms with van der Waals surface area (Å²) in [5.74, 6) is 1.54. The summed E-state index contributed by atoms with van der Waals surface area (Å²) < 4.78 is 0. The van der Waals surface area contributed by atoms with Crippen LogP contribution in [0.1, 0.15) is 0 Å². The predicted molar refractivity (Wildman–Crippen MR) is 112 cm³/mol. The van der Waals surface area contributed by atoms with E-state index < -0.39 is 0 Å². The molecule has 0 unspecified atom stereocenters. The number of nitrogens with one attached hydrogen (secondary N) is 1.